The quantitative estimate of drug-likeness (QED) is 0.615. The molecule has 0 aromatic carbocycles. The van der Waals surface area contributed by atoms with E-state index in [1.165, 1.54) is 11.1 Å². The monoisotopic (exact) mass is 193 g/mol. The molecule has 0 bridgehead atoms. The lowest BCUT2D eigenvalue weighted by Crippen LogP contribution is -2.20. The Hall–Kier alpha value is -0.980. The average molecular weight is 193 g/mol. The maximum atomic E-state index is 2.22. The van der Waals surface area contributed by atoms with Crippen molar-refractivity contribution in [2.45, 2.75) is 40.7 Å². The highest BCUT2D eigenvalue weighted by Gasteiger charge is 1.96. The zero-order valence-electron chi connectivity index (χ0n) is 10.3. The third kappa shape index (κ3) is 5.63. The molecule has 1 nitrogen and oxygen atoms in total. The Labute approximate surface area is 88.8 Å². The van der Waals surface area contributed by atoms with Crippen molar-refractivity contribution in [3.8, 4) is 0 Å². The van der Waals surface area contributed by atoms with Gasteiger partial charge in [0.25, 0.3) is 0 Å². The average Bonchev–Trinajstić information content (AvgIpc) is 2.03. The van der Waals surface area contributed by atoms with Crippen LogP contribution in [-0.2, 0) is 0 Å². The summed E-state index contributed by atoms with van der Waals surface area (Å²) in [6.07, 6.45) is 8.55. The third-order valence-corrected chi connectivity index (χ3v) is 2.11. The molecule has 0 aliphatic carbocycles. The van der Waals surface area contributed by atoms with Crippen molar-refractivity contribution < 1.29 is 0 Å². The van der Waals surface area contributed by atoms with Crippen molar-refractivity contribution in [3.05, 3.63) is 35.6 Å². The second-order valence-electron chi connectivity index (χ2n) is 4.02. The van der Waals surface area contributed by atoms with Gasteiger partial charge in [-0.25, -0.2) is 0 Å². The molecule has 0 saturated heterocycles. The maximum Gasteiger partial charge on any atom is 0.0224 e. The summed E-state index contributed by atoms with van der Waals surface area (Å²) in [5.74, 6) is 0. The zero-order chi connectivity index (χ0) is 11.1. The van der Waals surface area contributed by atoms with Crippen LogP contribution in [0.25, 0.3) is 0 Å². The molecule has 0 spiro atoms. The van der Waals surface area contributed by atoms with Crippen LogP contribution in [-0.4, -0.2) is 18.0 Å². The molecule has 0 aromatic heterocycles. The van der Waals surface area contributed by atoms with E-state index in [4.69, 9.17) is 0 Å². The summed E-state index contributed by atoms with van der Waals surface area (Å²) in [6.45, 7) is 10.7. The molecule has 0 atom stereocenters. The molecule has 1 heteroatoms. The second kappa shape index (κ2) is 6.47. The maximum absolute atomic E-state index is 2.22. The van der Waals surface area contributed by atoms with Gasteiger partial charge in [0.05, 0.1) is 0 Å². The first kappa shape index (κ1) is 13.0. The van der Waals surface area contributed by atoms with Gasteiger partial charge in [-0.3, -0.25) is 0 Å². The molecule has 0 heterocycles. The molecule has 0 radical (unpaired) electrons. The fourth-order valence-corrected chi connectivity index (χ4v) is 1.18. The molecule has 0 amide bonds. The summed E-state index contributed by atoms with van der Waals surface area (Å²) in [4.78, 5) is 2.22. The zero-order valence-corrected chi connectivity index (χ0v) is 10.3. The number of nitrogens with zero attached hydrogens (tertiary/aromatic N) is 1. The lowest BCUT2D eigenvalue weighted by atomic mass is 10.2. The number of rotatable bonds is 4. The van der Waals surface area contributed by atoms with E-state index >= 15 is 0 Å². The second-order valence-corrected chi connectivity index (χ2v) is 4.02. The smallest absolute Gasteiger partial charge is 0.0224 e. The Kier molecular flexibility index (Phi) is 6.02. The van der Waals surface area contributed by atoms with Crippen LogP contribution in [0.15, 0.2) is 35.6 Å². The van der Waals surface area contributed by atoms with Crippen molar-refractivity contribution in [2.75, 3.05) is 7.05 Å². The van der Waals surface area contributed by atoms with Crippen LogP contribution in [0.2, 0.25) is 0 Å². The van der Waals surface area contributed by atoms with Gasteiger partial charge < -0.3 is 4.90 Å². The van der Waals surface area contributed by atoms with E-state index in [0.29, 0.717) is 6.04 Å². The first-order valence-electron chi connectivity index (χ1n) is 5.18. The van der Waals surface area contributed by atoms with Crippen LogP contribution in [0.3, 0.4) is 0 Å². The number of hydrogen-bond donors (Lipinski definition) is 0. The van der Waals surface area contributed by atoms with Crippen LogP contribution < -0.4 is 0 Å². The first-order chi connectivity index (χ1) is 6.47. The van der Waals surface area contributed by atoms with E-state index in [1.807, 2.05) is 6.92 Å². The lowest BCUT2D eigenvalue weighted by Gasteiger charge is -2.19. The Morgan fingerprint density at radius 3 is 2.14 bits per heavy atom. The predicted molar refractivity (Wildman–Crippen MR) is 65.2 cm³/mol. The van der Waals surface area contributed by atoms with Crippen LogP contribution in [0, 0.1) is 0 Å². The molecule has 80 valence electrons. The largest absolute Gasteiger partial charge is 0.378 e. The summed E-state index contributed by atoms with van der Waals surface area (Å²) in [5, 5.41) is 0. The lowest BCUT2D eigenvalue weighted by molar-refractivity contribution is 0.374. The van der Waals surface area contributed by atoms with Crippen LogP contribution in [0.4, 0.5) is 0 Å². The van der Waals surface area contributed by atoms with E-state index in [0.717, 1.165) is 0 Å². The van der Waals surface area contributed by atoms with Gasteiger partial charge in [0.1, 0.15) is 0 Å². The molecular formula is C13H23N. The van der Waals surface area contributed by atoms with E-state index < -0.39 is 0 Å². The summed E-state index contributed by atoms with van der Waals surface area (Å²) in [5.41, 5.74) is 2.58. The highest BCUT2D eigenvalue weighted by Crippen LogP contribution is 2.05. The molecule has 14 heavy (non-hydrogen) atoms. The SMILES string of the molecule is C\C=C/C(C)=C\C(C)=C\N(C)C(C)C. The van der Waals surface area contributed by atoms with Crippen molar-refractivity contribution in [1.29, 1.82) is 0 Å². The molecule has 0 fully saturated rings. The van der Waals surface area contributed by atoms with Gasteiger partial charge in [-0.2, -0.15) is 0 Å². The third-order valence-electron chi connectivity index (χ3n) is 2.11. The normalized spacial score (nSPS) is 14.2. The Morgan fingerprint density at radius 2 is 1.71 bits per heavy atom. The van der Waals surface area contributed by atoms with Crippen LogP contribution in [0.1, 0.15) is 34.6 Å². The van der Waals surface area contributed by atoms with E-state index in [1.54, 1.807) is 0 Å². The van der Waals surface area contributed by atoms with Gasteiger partial charge in [-0.05, 0) is 40.2 Å². The standard InChI is InChI=1S/C13H23N/c1-7-8-12(4)9-13(5)10-14(6)11(2)3/h7-11H,1-6H3/b8-7-,12-9-,13-10+. The number of hydrogen-bond acceptors (Lipinski definition) is 1. The topological polar surface area (TPSA) is 3.24 Å². The van der Waals surface area contributed by atoms with E-state index in [9.17, 15) is 0 Å². The van der Waals surface area contributed by atoms with Gasteiger partial charge >= 0.3 is 0 Å². The molecule has 0 saturated carbocycles. The molecule has 0 aliphatic rings. The Bertz CT molecular complexity index is 244. The Balaban J connectivity index is 4.46. The van der Waals surface area contributed by atoms with E-state index in [2.05, 4.69) is 64.1 Å². The van der Waals surface area contributed by atoms with Crippen LogP contribution in [0.5, 0.6) is 0 Å². The van der Waals surface area contributed by atoms with Gasteiger partial charge in [0, 0.05) is 19.3 Å². The van der Waals surface area contributed by atoms with Crippen molar-refractivity contribution in [3.63, 3.8) is 0 Å². The molecule has 0 aromatic rings. The van der Waals surface area contributed by atoms with Gasteiger partial charge in [0.2, 0.25) is 0 Å². The first-order valence-corrected chi connectivity index (χ1v) is 5.18. The van der Waals surface area contributed by atoms with Crippen molar-refractivity contribution >= 4 is 0 Å². The molecule has 0 N–H and O–H groups in total. The van der Waals surface area contributed by atoms with E-state index in [-0.39, 0.29) is 0 Å². The molecule has 0 rings (SSSR count). The highest BCUT2D eigenvalue weighted by atomic mass is 15.1. The van der Waals surface area contributed by atoms with Gasteiger partial charge in [-0.1, -0.05) is 23.8 Å². The number of allylic oxidation sites excluding steroid dienone is 5. The molecular weight excluding hydrogens is 170 g/mol. The van der Waals surface area contributed by atoms with Gasteiger partial charge in [0.15, 0.2) is 0 Å². The minimum absolute atomic E-state index is 0.556. The Morgan fingerprint density at radius 1 is 1.14 bits per heavy atom. The van der Waals surface area contributed by atoms with Crippen LogP contribution >= 0.6 is 0 Å². The van der Waals surface area contributed by atoms with Crippen molar-refractivity contribution in [1.82, 2.24) is 4.90 Å². The highest BCUT2D eigenvalue weighted by molar-refractivity contribution is 5.26. The fraction of sp³-hybridized carbons (Fsp3) is 0.538. The van der Waals surface area contributed by atoms with Gasteiger partial charge in [-0.15, -0.1) is 0 Å². The minimum Gasteiger partial charge on any atom is -0.378 e. The summed E-state index contributed by atoms with van der Waals surface area (Å²) >= 11 is 0. The minimum atomic E-state index is 0.556. The fourth-order valence-electron chi connectivity index (χ4n) is 1.18. The summed E-state index contributed by atoms with van der Waals surface area (Å²) < 4.78 is 0. The predicted octanol–water partition coefficient (Wildman–Crippen LogP) is 3.75. The molecule has 0 aliphatic heterocycles. The molecule has 0 unspecified atom stereocenters. The summed E-state index contributed by atoms with van der Waals surface area (Å²) in [6, 6.07) is 0.556. The van der Waals surface area contributed by atoms with Crippen molar-refractivity contribution in [2.24, 2.45) is 0 Å². The summed E-state index contributed by atoms with van der Waals surface area (Å²) in [7, 11) is 2.10.